The number of hydrogen-bond donors (Lipinski definition) is 1. The first-order valence-corrected chi connectivity index (χ1v) is 5.42. The molecule has 5 heteroatoms. The molecule has 84 valence electrons. The van der Waals surface area contributed by atoms with Crippen LogP contribution in [0.3, 0.4) is 0 Å². The molecule has 0 radical (unpaired) electrons. The third kappa shape index (κ3) is 2.35. The smallest absolute Gasteiger partial charge is 0.146 e. The van der Waals surface area contributed by atoms with E-state index in [0.717, 1.165) is 44.1 Å². The van der Waals surface area contributed by atoms with Crippen molar-refractivity contribution in [2.75, 3.05) is 13.1 Å². The molecule has 0 aliphatic carbocycles. The fourth-order valence-electron chi connectivity index (χ4n) is 1.87. The van der Waals surface area contributed by atoms with Gasteiger partial charge in [0.1, 0.15) is 11.6 Å². The molecule has 2 heterocycles. The lowest BCUT2D eigenvalue weighted by atomic mass is 10.1. The minimum atomic E-state index is -0.109. The quantitative estimate of drug-likeness (QED) is 0.751. The highest BCUT2D eigenvalue weighted by Crippen LogP contribution is 2.12. The Morgan fingerprint density at radius 1 is 1.33 bits per heavy atom. The molecule has 1 saturated heterocycles. The molecule has 2 rings (SSSR count). The second-order valence-corrected chi connectivity index (χ2v) is 4.23. The molecule has 1 aromatic rings. The van der Waals surface area contributed by atoms with Crippen molar-refractivity contribution < 1.29 is 5.11 Å². The van der Waals surface area contributed by atoms with E-state index in [1.807, 2.05) is 18.5 Å². The van der Waals surface area contributed by atoms with Gasteiger partial charge in [-0.05, 0) is 19.8 Å². The number of piperidine rings is 1. The summed E-state index contributed by atoms with van der Waals surface area (Å²) < 4.78 is 2.02. The van der Waals surface area contributed by atoms with Crippen molar-refractivity contribution in [3.8, 4) is 0 Å². The molecule has 0 spiro atoms. The molecule has 5 nitrogen and oxygen atoms in total. The largest absolute Gasteiger partial charge is 0.393 e. The predicted octanol–water partition coefficient (Wildman–Crippen LogP) is 0.0802. The molecule has 1 aliphatic rings. The lowest BCUT2D eigenvalue weighted by Gasteiger charge is -2.28. The fraction of sp³-hybridized carbons (Fsp3) is 0.800. The Balaban J connectivity index is 1.94. The zero-order chi connectivity index (χ0) is 10.8. The molecule has 15 heavy (non-hydrogen) atoms. The highest BCUT2D eigenvalue weighted by molar-refractivity contribution is 4.92. The van der Waals surface area contributed by atoms with E-state index in [2.05, 4.69) is 15.1 Å². The van der Waals surface area contributed by atoms with Gasteiger partial charge in [0.25, 0.3) is 0 Å². The van der Waals surface area contributed by atoms with Crippen molar-refractivity contribution in [1.82, 2.24) is 19.7 Å². The van der Waals surface area contributed by atoms with Crippen LogP contribution in [0.15, 0.2) is 0 Å². The van der Waals surface area contributed by atoms with Crippen LogP contribution in [0, 0.1) is 6.92 Å². The minimum absolute atomic E-state index is 0.109. The molecule has 0 aromatic carbocycles. The number of aryl methyl sites for hydroxylation is 1. The van der Waals surface area contributed by atoms with Crippen LogP contribution in [0.2, 0.25) is 0 Å². The van der Waals surface area contributed by atoms with Crippen LogP contribution in [-0.2, 0) is 13.6 Å². The van der Waals surface area contributed by atoms with Gasteiger partial charge in [-0.2, -0.15) is 0 Å². The van der Waals surface area contributed by atoms with E-state index in [1.165, 1.54) is 0 Å². The summed E-state index contributed by atoms with van der Waals surface area (Å²) in [6.45, 7) is 4.70. The molecule has 1 N–H and O–H groups in total. The molecule has 0 saturated carbocycles. The van der Waals surface area contributed by atoms with E-state index >= 15 is 0 Å². The molecular weight excluding hydrogens is 192 g/mol. The highest BCUT2D eigenvalue weighted by Gasteiger charge is 2.18. The van der Waals surface area contributed by atoms with E-state index in [9.17, 15) is 5.11 Å². The van der Waals surface area contributed by atoms with Gasteiger partial charge in [-0.25, -0.2) is 0 Å². The van der Waals surface area contributed by atoms with Gasteiger partial charge in [-0.3, -0.25) is 4.90 Å². The maximum atomic E-state index is 9.39. The number of likely N-dealkylation sites (tertiary alicyclic amines) is 1. The molecule has 0 unspecified atom stereocenters. The average Bonchev–Trinajstić information content (AvgIpc) is 2.53. The van der Waals surface area contributed by atoms with Gasteiger partial charge in [0.2, 0.25) is 0 Å². The number of nitrogens with zero attached hydrogens (tertiary/aromatic N) is 4. The van der Waals surface area contributed by atoms with Gasteiger partial charge < -0.3 is 9.67 Å². The van der Waals surface area contributed by atoms with E-state index in [-0.39, 0.29) is 6.10 Å². The minimum Gasteiger partial charge on any atom is -0.393 e. The Morgan fingerprint density at radius 3 is 2.53 bits per heavy atom. The van der Waals surface area contributed by atoms with Crippen molar-refractivity contribution in [3.63, 3.8) is 0 Å². The second kappa shape index (κ2) is 4.28. The molecule has 0 bridgehead atoms. The van der Waals surface area contributed by atoms with Gasteiger partial charge in [-0.1, -0.05) is 0 Å². The van der Waals surface area contributed by atoms with Gasteiger partial charge in [-0.15, -0.1) is 10.2 Å². The molecule has 1 fully saturated rings. The summed E-state index contributed by atoms with van der Waals surface area (Å²) >= 11 is 0. The van der Waals surface area contributed by atoms with Crippen molar-refractivity contribution in [2.24, 2.45) is 7.05 Å². The van der Waals surface area contributed by atoms with Crippen LogP contribution in [0.4, 0.5) is 0 Å². The number of aliphatic hydroxyl groups is 1. The Bertz CT molecular complexity index is 328. The number of hydrogen-bond acceptors (Lipinski definition) is 4. The average molecular weight is 210 g/mol. The van der Waals surface area contributed by atoms with Crippen molar-refractivity contribution in [3.05, 3.63) is 11.6 Å². The maximum Gasteiger partial charge on any atom is 0.146 e. The zero-order valence-corrected chi connectivity index (χ0v) is 9.35. The molecule has 0 atom stereocenters. The van der Waals surface area contributed by atoms with Crippen LogP contribution in [-0.4, -0.2) is 44.0 Å². The summed E-state index contributed by atoms with van der Waals surface area (Å²) in [6, 6.07) is 0. The van der Waals surface area contributed by atoms with Crippen molar-refractivity contribution >= 4 is 0 Å². The lowest BCUT2D eigenvalue weighted by molar-refractivity contribution is 0.0776. The SMILES string of the molecule is Cc1nnc(CN2CCC(O)CC2)n1C. The summed E-state index contributed by atoms with van der Waals surface area (Å²) in [5.41, 5.74) is 0. The van der Waals surface area contributed by atoms with Crippen molar-refractivity contribution in [2.45, 2.75) is 32.4 Å². The lowest BCUT2D eigenvalue weighted by Crippen LogP contribution is -2.35. The Kier molecular flexibility index (Phi) is 3.02. The van der Waals surface area contributed by atoms with Crippen LogP contribution < -0.4 is 0 Å². The molecular formula is C10H18N4O. The summed E-state index contributed by atoms with van der Waals surface area (Å²) in [5, 5.41) is 17.6. The van der Waals surface area contributed by atoms with Gasteiger partial charge >= 0.3 is 0 Å². The van der Waals surface area contributed by atoms with Gasteiger partial charge in [0.15, 0.2) is 0 Å². The second-order valence-electron chi connectivity index (χ2n) is 4.23. The summed E-state index contributed by atoms with van der Waals surface area (Å²) in [5.74, 6) is 1.95. The molecule has 1 aliphatic heterocycles. The van der Waals surface area contributed by atoms with Gasteiger partial charge in [0, 0.05) is 20.1 Å². The molecule has 1 aromatic heterocycles. The Morgan fingerprint density at radius 2 is 2.00 bits per heavy atom. The predicted molar refractivity (Wildman–Crippen MR) is 56.3 cm³/mol. The Labute approximate surface area is 89.7 Å². The standard InChI is InChI=1S/C10H18N4O/c1-8-11-12-10(13(8)2)7-14-5-3-9(15)4-6-14/h9,15H,3-7H2,1-2H3. The van der Waals surface area contributed by atoms with E-state index < -0.39 is 0 Å². The number of rotatable bonds is 2. The topological polar surface area (TPSA) is 54.2 Å². The zero-order valence-electron chi connectivity index (χ0n) is 9.35. The van der Waals surface area contributed by atoms with Crippen LogP contribution in [0.5, 0.6) is 0 Å². The summed E-state index contributed by atoms with van der Waals surface area (Å²) in [4.78, 5) is 2.32. The summed E-state index contributed by atoms with van der Waals surface area (Å²) in [6.07, 6.45) is 1.63. The monoisotopic (exact) mass is 210 g/mol. The van der Waals surface area contributed by atoms with E-state index in [4.69, 9.17) is 0 Å². The number of aromatic nitrogens is 3. The highest BCUT2D eigenvalue weighted by atomic mass is 16.3. The first-order chi connectivity index (χ1) is 7.16. The normalized spacial score (nSPS) is 19.7. The first-order valence-electron chi connectivity index (χ1n) is 5.42. The van der Waals surface area contributed by atoms with E-state index in [1.54, 1.807) is 0 Å². The van der Waals surface area contributed by atoms with Crippen LogP contribution in [0.1, 0.15) is 24.5 Å². The van der Waals surface area contributed by atoms with Crippen LogP contribution >= 0.6 is 0 Å². The van der Waals surface area contributed by atoms with E-state index in [0.29, 0.717) is 0 Å². The van der Waals surface area contributed by atoms with Gasteiger partial charge in [0.05, 0.1) is 12.6 Å². The summed E-state index contributed by atoms with van der Waals surface area (Å²) in [7, 11) is 1.99. The maximum absolute atomic E-state index is 9.39. The third-order valence-corrected chi connectivity index (χ3v) is 3.10. The first kappa shape index (κ1) is 10.6. The van der Waals surface area contributed by atoms with Crippen LogP contribution in [0.25, 0.3) is 0 Å². The Hall–Kier alpha value is -0.940. The third-order valence-electron chi connectivity index (χ3n) is 3.10. The number of aliphatic hydroxyl groups excluding tert-OH is 1. The fourth-order valence-corrected chi connectivity index (χ4v) is 1.87. The van der Waals surface area contributed by atoms with Crippen molar-refractivity contribution in [1.29, 1.82) is 0 Å². The molecule has 0 amide bonds.